The molecule has 0 amide bonds. The second-order valence-corrected chi connectivity index (χ2v) is 4.87. The third kappa shape index (κ3) is 1.79. The second-order valence-electron chi connectivity index (χ2n) is 4.87. The highest BCUT2D eigenvalue weighted by Gasteiger charge is 2.24. The minimum atomic E-state index is 0.792. The Balaban J connectivity index is 2.02. The zero-order valence-corrected chi connectivity index (χ0v) is 10.9. The molecule has 1 saturated heterocycles. The molecule has 1 unspecified atom stereocenters. The fraction of sp³-hybridized carbons (Fsp3) is 0.538. The first-order valence-corrected chi connectivity index (χ1v) is 6.58. The van der Waals surface area contributed by atoms with Gasteiger partial charge >= 0.3 is 0 Å². The van der Waals surface area contributed by atoms with Crippen molar-refractivity contribution in [3.05, 3.63) is 18.6 Å². The van der Waals surface area contributed by atoms with Gasteiger partial charge in [0.2, 0.25) is 0 Å². The highest BCUT2D eigenvalue weighted by Crippen LogP contribution is 2.27. The normalized spacial score (nSPS) is 19.7. The molecule has 0 aromatic carbocycles. The number of aromatic nitrogens is 3. The van der Waals surface area contributed by atoms with Crippen LogP contribution in [0.4, 0.5) is 11.6 Å². The van der Waals surface area contributed by atoms with Crippen LogP contribution in [0.15, 0.2) is 18.6 Å². The molecule has 0 spiro atoms. The second kappa shape index (κ2) is 4.48. The quantitative estimate of drug-likeness (QED) is 0.898. The minimum Gasteiger partial charge on any atom is -0.372 e. The van der Waals surface area contributed by atoms with Gasteiger partial charge in [-0.3, -0.25) is 0 Å². The summed E-state index contributed by atoms with van der Waals surface area (Å²) in [5.41, 5.74) is 0.950. The maximum Gasteiger partial charge on any atom is 0.180 e. The van der Waals surface area contributed by atoms with Crippen LogP contribution in [0.25, 0.3) is 5.65 Å². The van der Waals surface area contributed by atoms with Crippen molar-refractivity contribution < 1.29 is 0 Å². The number of nitrogens with one attached hydrogen (secondary N) is 1. The third-order valence-electron chi connectivity index (χ3n) is 3.78. The van der Waals surface area contributed by atoms with Crippen molar-refractivity contribution in [2.75, 3.05) is 30.4 Å². The number of imidazole rings is 1. The molecule has 0 bridgehead atoms. The highest BCUT2D eigenvalue weighted by atomic mass is 15.3. The predicted octanol–water partition coefficient (Wildman–Crippen LogP) is 2.01. The van der Waals surface area contributed by atoms with Crippen LogP contribution < -0.4 is 10.2 Å². The third-order valence-corrected chi connectivity index (χ3v) is 3.78. The molecule has 5 heteroatoms. The van der Waals surface area contributed by atoms with Gasteiger partial charge in [0.25, 0.3) is 0 Å². The fourth-order valence-electron chi connectivity index (χ4n) is 2.61. The van der Waals surface area contributed by atoms with E-state index in [1.54, 1.807) is 0 Å². The summed E-state index contributed by atoms with van der Waals surface area (Å²) in [6, 6.07) is 0. The van der Waals surface area contributed by atoms with Crippen LogP contribution >= 0.6 is 0 Å². The van der Waals surface area contributed by atoms with Gasteiger partial charge in [-0.1, -0.05) is 13.3 Å². The molecule has 5 nitrogen and oxygen atoms in total. The van der Waals surface area contributed by atoms with E-state index in [9.17, 15) is 0 Å². The predicted molar refractivity (Wildman–Crippen MR) is 73.1 cm³/mol. The zero-order chi connectivity index (χ0) is 12.5. The SMILES string of the molecule is CCC1CCN(c2nc(NC)cn3ccnc23)C1. The molecule has 3 rings (SSSR count). The average molecular weight is 245 g/mol. The maximum absolute atomic E-state index is 4.67. The molecular formula is C13H19N5. The Morgan fingerprint density at radius 1 is 1.50 bits per heavy atom. The Labute approximate surface area is 107 Å². The molecule has 96 valence electrons. The topological polar surface area (TPSA) is 45.5 Å². The van der Waals surface area contributed by atoms with Gasteiger partial charge in [0.1, 0.15) is 5.82 Å². The lowest BCUT2D eigenvalue weighted by Gasteiger charge is -2.18. The summed E-state index contributed by atoms with van der Waals surface area (Å²) >= 11 is 0. The van der Waals surface area contributed by atoms with Gasteiger partial charge in [-0.2, -0.15) is 0 Å². The van der Waals surface area contributed by atoms with Crippen molar-refractivity contribution in [3.8, 4) is 0 Å². The van der Waals surface area contributed by atoms with Crippen LogP contribution in [0, 0.1) is 5.92 Å². The number of rotatable bonds is 3. The zero-order valence-electron chi connectivity index (χ0n) is 10.9. The molecule has 3 heterocycles. The molecule has 2 aromatic rings. The summed E-state index contributed by atoms with van der Waals surface area (Å²) in [5, 5.41) is 3.11. The van der Waals surface area contributed by atoms with Crippen molar-refractivity contribution >= 4 is 17.3 Å². The molecule has 2 aromatic heterocycles. The van der Waals surface area contributed by atoms with Crippen LogP contribution in [0.1, 0.15) is 19.8 Å². The number of hydrogen-bond acceptors (Lipinski definition) is 4. The molecule has 1 aliphatic rings. The first-order chi connectivity index (χ1) is 8.81. The van der Waals surface area contributed by atoms with Crippen molar-refractivity contribution in [1.29, 1.82) is 0 Å². The van der Waals surface area contributed by atoms with E-state index in [0.29, 0.717) is 0 Å². The average Bonchev–Trinajstić information content (AvgIpc) is 3.05. The molecule has 0 radical (unpaired) electrons. The first kappa shape index (κ1) is 11.3. The van der Waals surface area contributed by atoms with Crippen LogP contribution in [-0.4, -0.2) is 34.5 Å². The molecule has 18 heavy (non-hydrogen) atoms. The number of hydrogen-bond donors (Lipinski definition) is 1. The Hall–Kier alpha value is -1.78. The van der Waals surface area contributed by atoms with E-state index in [-0.39, 0.29) is 0 Å². The molecular weight excluding hydrogens is 226 g/mol. The lowest BCUT2D eigenvalue weighted by Crippen LogP contribution is -2.22. The number of nitrogens with zero attached hydrogens (tertiary/aromatic N) is 4. The lowest BCUT2D eigenvalue weighted by molar-refractivity contribution is 0.569. The van der Waals surface area contributed by atoms with Crippen LogP contribution in [0.3, 0.4) is 0 Å². The van der Waals surface area contributed by atoms with E-state index in [4.69, 9.17) is 0 Å². The monoisotopic (exact) mass is 245 g/mol. The summed E-state index contributed by atoms with van der Waals surface area (Å²) in [6.07, 6.45) is 8.27. The summed E-state index contributed by atoms with van der Waals surface area (Å²) in [6.45, 7) is 4.44. The molecule has 0 aliphatic carbocycles. The van der Waals surface area contributed by atoms with Gasteiger partial charge < -0.3 is 14.6 Å². The van der Waals surface area contributed by atoms with Crippen molar-refractivity contribution in [3.63, 3.8) is 0 Å². The molecule has 0 saturated carbocycles. The van der Waals surface area contributed by atoms with Gasteiger partial charge in [-0.05, 0) is 12.3 Å². The van der Waals surface area contributed by atoms with E-state index < -0.39 is 0 Å². The van der Waals surface area contributed by atoms with E-state index in [1.165, 1.54) is 12.8 Å². The van der Waals surface area contributed by atoms with E-state index in [0.717, 1.165) is 36.3 Å². The highest BCUT2D eigenvalue weighted by molar-refractivity contribution is 5.67. The largest absolute Gasteiger partial charge is 0.372 e. The smallest absolute Gasteiger partial charge is 0.180 e. The van der Waals surface area contributed by atoms with E-state index in [1.807, 2.05) is 30.0 Å². The first-order valence-electron chi connectivity index (χ1n) is 6.58. The van der Waals surface area contributed by atoms with E-state index >= 15 is 0 Å². The van der Waals surface area contributed by atoms with Gasteiger partial charge in [-0.25, -0.2) is 9.97 Å². The maximum atomic E-state index is 4.67. The van der Waals surface area contributed by atoms with Gasteiger partial charge in [0.05, 0.1) is 6.20 Å². The van der Waals surface area contributed by atoms with Crippen LogP contribution in [-0.2, 0) is 0 Å². The standard InChI is InChI=1S/C13H19N5/c1-3-10-4-6-17(8-10)13-12-15-5-7-18(12)9-11(14-2)16-13/h5,7,9-10,14H,3-4,6,8H2,1-2H3. The Bertz CT molecular complexity index is 547. The van der Waals surface area contributed by atoms with Crippen molar-refractivity contribution in [2.45, 2.75) is 19.8 Å². The molecule has 1 aliphatic heterocycles. The van der Waals surface area contributed by atoms with Crippen molar-refractivity contribution in [2.24, 2.45) is 5.92 Å². The molecule has 1 N–H and O–H groups in total. The van der Waals surface area contributed by atoms with Gasteiger partial charge in [0.15, 0.2) is 11.5 Å². The summed E-state index contributed by atoms with van der Waals surface area (Å²) in [4.78, 5) is 11.5. The minimum absolute atomic E-state index is 0.792. The van der Waals surface area contributed by atoms with Gasteiger partial charge in [0, 0.05) is 32.5 Å². The van der Waals surface area contributed by atoms with Crippen LogP contribution in [0.5, 0.6) is 0 Å². The van der Waals surface area contributed by atoms with E-state index in [2.05, 4.69) is 27.1 Å². The lowest BCUT2D eigenvalue weighted by atomic mass is 10.1. The number of fused-ring (bicyclic) bond motifs is 1. The Kier molecular flexibility index (Phi) is 2.81. The number of anilines is 2. The summed E-state index contributed by atoms with van der Waals surface area (Å²) in [7, 11) is 1.90. The summed E-state index contributed by atoms with van der Waals surface area (Å²) < 4.78 is 2.04. The Morgan fingerprint density at radius 3 is 3.11 bits per heavy atom. The van der Waals surface area contributed by atoms with Gasteiger partial charge in [-0.15, -0.1) is 0 Å². The molecule has 1 fully saturated rings. The van der Waals surface area contributed by atoms with Crippen LogP contribution in [0.2, 0.25) is 0 Å². The van der Waals surface area contributed by atoms with Crippen molar-refractivity contribution in [1.82, 2.24) is 14.4 Å². The fourth-order valence-corrected chi connectivity index (χ4v) is 2.61. The Morgan fingerprint density at radius 2 is 2.39 bits per heavy atom. The summed E-state index contributed by atoms with van der Waals surface area (Å²) in [5.74, 6) is 2.68. The molecule has 1 atom stereocenters.